The van der Waals surface area contributed by atoms with E-state index in [-0.39, 0.29) is 16.9 Å². The van der Waals surface area contributed by atoms with Gasteiger partial charge in [0, 0.05) is 17.7 Å². The molecule has 5 nitrogen and oxygen atoms in total. The SMILES string of the molecule is Cc1cc(C(=O)NCC2(c3ccccc3)CC2)c2c(C)nn(C(C)(C)C)c2n1. The molecule has 2 heterocycles. The molecule has 1 aliphatic rings. The normalized spacial score (nSPS) is 15.6. The van der Waals surface area contributed by atoms with E-state index in [1.165, 1.54) is 5.56 Å². The van der Waals surface area contributed by atoms with Gasteiger partial charge in [-0.25, -0.2) is 9.67 Å². The number of benzene rings is 1. The summed E-state index contributed by atoms with van der Waals surface area (Å²) < 4.78 is 1.92. The fraction of sp³-hybridized carbons (Fsp3) is 0.435. The van der Waals surface area contributed by atoms with Gasteiger partial charge in [0.05, 0.1) is 22.2 Å². The maximum absolute atomic E-state index is 13.2. The first-order valence-corrected chi connectivity index (χ1v) is 9.92. The van der Waals surface area contributed by atoms with Gasteiger partial charge in [0.1, 0.15) is 0 Å². The summed E-state index contributed by atoms with van der Waals surface area (Å²) in [4.78, 5) is 17.8. The van der Waals surface area contributed by atoms with Gasteiger partial charge >= 0.3 is 0 Å². The molecule has 1 fully saturated rings. The van der Waals surface area contributed by atoms with E-state index in [0.717, 1.165) is 35.3 Å². The zero-order valence-electron chi connectivity index (χ0n) is 17.3. The second-order valence-corrected chi connectivity index (χ2v) is 9.01. The molecule has 4 rings (SSSR count). The lowest BCUT2D eigenvalue weighted by Crippen LogP contribution is -2.32. The summed E-state index contributed by atoms with van der Waals surface area (Å²) in [5.41, 5.74) is 4.30. The fourth-order valence-corrected chi connectivity index (χ4v) is 3.92. The van der Waals surface area contributed by atoms with E-state index in [1.54, 1.807) is 0 Å². The van der Waals surface area contributed by atoms with Crippen LogP contribution in [0.3, 0.4) is 0 Å². The number of carbonyl (C=O) groups excluding carboxylic acids is 1. The highest BCUT2D eigenvalue weighted by atomic mass is 16.1. The van der Waals surface area contributed by atoms with Gasteiger partial charge in [-0.2, -0.15) is 5.10 Å². The Bertz CT molecular complexity index is 1040. The number of hydrogen-bond acceptors (Lipinski definition) is 3. The number of pyridine rings is 1. The van der Waals surface area contributed by atoms with Crippen LogP contribution in [0.2, 0.25) is 0 Å². The third-order valence-corrected chi connectivity index (χ3v) is 5.65. The number of carbonyl (C=O) groups is 1. The van der Waals surface area contributed by atoms with E-state index in [2.05, 4.69) is 55.5 Å². The minimum atomic E-state index is -0.202. The van der Waals surface area contributed by atoms with E-state index >= 15 is 0 Å². The number of nitrogens with zero attached hydrogens (tertiary/aromatic N) is 3. The molecule has 1 N–H and O–H groups in total. The fourth-order valence-electron chi connectivity index (χ4n) is 3.92. The van der Waals surface area contributed by atoms with Crippen LogP contribution in [0.25, 0.3) is 11.0 Å². The second kappa shape index (κ2) is 6.43. The van der Waals surface area contributed by atoms with Crippen molar-refractivity contribution in [3.8, 4) is 0 Å². The van der Waals surface area contributed by atoms with Gasteiger partial charge in [0.25, 0.3) is 5.91 Å². The molecule has 1 aliphatic carbocycles. The van der Waals surface area contributed by atoms with Crippen LogP contribution in [-0.2, 0) is 11.0 Å². The smallest absolute Gasteiger partial charge is 0.252 e. The van der Waals surface area contributed by atoms with Crippen molar-refractivity contribution in [3.63, 3.8) is 0 Å². The summed E-state index contributed by atoms with van der Waals surface area (Å²) in [6, 6.07) is 12.4. The molecule has 0 unspecified atom stereocenters. The third-order valence-electron chi connectivity index (χ3n) is 5.65. The highest BCUT2D eigenvalue weighted by molar-refractivity contribution is 6.06. The number of hydrogen-bond donors (Lipinski definition) is 1. The molecule has 3 aromatic rings. The predicted molar refractivity (Wildman–Crippen MR) is 112 cm³/mol. The molecule has 1 amide bonds. The van der Waals surface area contributed by atoms with Gasteiger partial charge < -0.3 is 5.32 Å². The van der Waals surface area contributed by atoms with Crippen molar-refractivity contribution in [1.29, 1.82) is 0 Å². The number of aryl methyl sites for hydroxylation is 2. The first-order valence-electron chi connectivity index (χ1n) is 9.92. The Balaban J connectivity index is 1.66. The van der Waals surface area contributed by atoms with Crippen molar-refractivity contribution in [2.45, 2.75) is 58.4 Å². The van der Waals surface area contributed by atoms with Gasteiger partial charge in [-0.3, -0.25) is 4.79 Å². The van der Waals surface area contributed by atoms with E-state index in [9.17, 15) is 4.79 Å². The maximum Gasteiger partial charge on any atom is 0.252 e. The number of fused-ring (bicyclic) bond motifs is 1. The monoisotopic (exact) mass is 376 g/mol. The minimum Gasteiger partial charge on any atom is -0.351 e. The zero-order chi connectivity index (χ0) is 20.1. The topological polar surface area (TPSA) is 59.8 Å². The van der Waals surface area contributed by atoms with Crippen molar-refractivity contribution in [2.75, 3.05) is 6.54 Å². The largest absolute Gasteiger partial charge is 0.351 e. The van der Waals surface area contributed by atoms with E-state index < -0.39 is 0 Å². The van der Waals surface area contributed by atoms with Crippen LogP contribution >= 0.6 is 0 Å². The molecule has 1 aromatic carbocycles. The van der Waals surface area contributed by atoms with Gasteiger partial charge in [-0.05, 0) is 59.1 Å². The van der Waals surface area contributed by atoms with Crippen molar-refractivity contribution in [2.24, 2.45) is 0 Å². The molecular formula is C23H28N4O. The van der Waals surface area contributed by atoms with Crippen molar-refractivity contribution < 1.29 is 4.79 Å². The average molecular weight is 377 g/mol. The molecule has 2 aromatic heterocycles. The lowest BCUT2D eigenvalue weighted by Gasteiger charge is -2.20. The van der Waals surface area contributed by atoms with E-state index in [0.29, 0.717) is 12.1 Å². The molecule has 28 heavy (non-hydrogen) atoms. The third kappa shape index (κ3) is 3.19. The Labute approximate surface area is 166 Å². The molecule has 5 heteroatoms. The lowest BCUT2D eigenvalue weighted by atomic mass is 9.96. The van der Waals surface area contributed by atoms with Crippen LogP contribution in [0.5, 0.6) is 0 Å². The molecule has 0 spiro atoms. The first kappa shape index (κ1) is 18.7. The van der Waals surface area contributed by atoms with E-state index in [1.807, 2.05) is 30.7 Å². The highest BCUT2D eigenvalue weighted by Crippen LogP contribution is 2.47. The Morgan fingerprint density at radius 3 is 2.46 bits per heavy atom. The van der Waals surface area contributed by atoms with Gasteiger partial charge in [0.15, 0.2) is 5.65 Å². The average Bonchev–Trinajstić information content (AvgIpc) is 3.37. The van der Waals surface area contributed by atoms with Gasteiger partial charge in [0.2, 0.25) is 0 Å². The van der Waals surface area contributed by atoms with Crippen LogP contribution in [0.1, 0.15) is 60.9 Å². The Morgan fingerprint density at radius 2 is 1.86 bits per heavy atom. The standard InChI is InChI=1S/C23H28N4O/c1-15-13-18(19-16(2)26-27(20(19)25-15)22(3,4)5)21(28)24-14-23(11-12-23)17-9-7-6-8-10-17/h6-10,13H,11-12,14H2,1-5H3,(H,24,28). The van der Waals surface area contributed by atoms with Crippen LogP contribution in [-0.4, -0.2) is 27.2 Å². The number of amides is 1. The van der Waals surface area contributed by atoms with Crippen molar-refractivity contribution >= 4 is 16.9 Å². The number of rotatable bonds is 4. The second-order valence-electron chi connectivity index (χ2n) is 9.01. The summed E-state index contributed by atoms with van der Waals surface area (Å²) in [7, 11) is 0. The van der Waals surface area contributed by atoms with Crippen molar-refractivity contribution in [1.82, 2.24) is 20.1 Å². The summed E-state index contributed by atoms with van der Waals surface area (Å²) in [6.45, 7) is 10.8. The van der Waals surface area contributed by atoms with Crippen molar-refractivity contribution in [3.05, 3.63) is 58.9 Å². The molecule has 1 saturated carbocycles. The van der Waals surface area contributed by atoms with Crippen LogP contribution in [0.4, 0.5) is 0 Å². The molecule has 0 atom stereocenters. The van der Waals surface area contributed by atoms with Gasteiger partial charge in [-0.15, -0.1) is 0 Å². The molecule has 0 bridgehead atoms. The van der Waals surface area contributed by atoms with Crippen LogP contribution < -0.4 is 5.32 Å². The summed E-state index contributed by atoms with van der Waals surface area (Å²) >= 11 is 0. The maximum atomic E-state index is 13.2. The summed E-state index contributed by atoms with van der Waals surface area (Å²) in [5.74, 6) is -0.0470. The molecule has 146 valence electrons. The predicted octanol–water partition coefficient (Wildman–Crippen LogP) is 4.26. The first-order chi connectivity index (χ1) is 13.2. The van der Waals surface area contributed by atoms with Crippen LogP contribution in [0.15, 0.2) is 36.4 Å². The Kier molecular flexibility index (Phi) is 4.29. The quantitative estimate of drug-likeness (QED) is 0.740. The zero-order valence-corrected chi connectivity index (χ0v) is 17.3. The van der Waals surface area contributed by atoms with E-state index in [4.69, 9.17) is 4.98 Å². The lowest BCUT2D eigenvalue weighted by molar-refractivity contribution is 0.0951. The number of aromatic nitrogens is 3. The van der Waals surface area contributed by atoms with Gasteiger partial charge in [-0.1, -0.05) is 30.3 Å². The molecule has 0 aliphatic heterocycles. The Morgan fingerprint density at radius 1 is 1.18 bits per heavy atom. The molecule has 0 saturated heterocycles. The summed E-state index contributed by atoms with van der Waals surface area (Å²) in [5, 5.41) is 8.73. The van der Waals surface area contributed by atoms with Crippen LogP contribution in [0, 0.1) is 13.8 Å². The highest BCUT2D eigenvalue weighted by Gasteiger charge is 2.44. The minimum absolute atomic E-state index is 0.0470. The summed E-state index contributed by atoms with van der Waals surface area (Å²) in [6.07, 6.45) is 2.23. The molecule has 0 radical (unpaired) electrons. The Hall–Kier alpha value is -2.69. The molecular weight excluding hydrogens is 348 g/mol. The number of nitrogens with one attached hydrogen (secondary N) is 1.